The number of urea groups is 1. The smallest absolute Gasteiger partial charge is 0.416 e. The van der Waals surface area contributed by atoms with Crippen molar-refractivity contribution >= 4 is 11.7 Å². The fraction of sp³-hybridized carbons (Fsp3) is 0.227. The van der Waals surface area contributed by atoms with Crippen molar-refractivity contribution in [2.24, 2.45) is 0 Å². The average molecular weight is 484 g/mol. The molecule has 0 saturated carbocycles. The number of benzene rings is 2. The van der Waals surface area contributed by atoms with E-state index in [1.165, 1.54) is 0 Å². The molecular weight excluding hydrogens is 466 g/mol. The van der Waals surface area contributed by atoms with E-state index in [1.54, 1.807) is 12.1 Å². The molecule has 0 bridgehead atoms. The van der Waals surface area contributed by atoms with Crippen LogP contribution in [0.3, 0.4) is 0 Å². The molecule has 0 unspecified atom stereocenters. The monoisotopic (exact) mass is 484 g/mol. The predicted molar refractivity (Wildman–Crippen MR) is 111 cm³/mol. The Balaban J connectivity index is 1.52. The van der Waals surface area contributed by atoms with E-state index >= 15 is 0 Å². The summed E-state index contributed by atoms with van der Waals surface area (Å²) in [5.41, 5.74) is -1.13. The Morgan fingerprint density at radius 2 is 1.50 bits per heavy atom. The van der Waals surface area contributed by atoms with Crippen LogP contribution < -0.4 is 15.4 Å². The number of nitrogens with zero attached hydrogens (tertiary/aromatic N) is 2. The van der Waals surface area contributed by atoms with Crippen molar-refractivity contribution in [1.29, 1.82) is 0 Å². The first kappa shape index (κ1) is 24.8. The Labute approximate surface area is 190 Å². The van der Waals surface area contributed by atoms with Crippen LogP contribution in [0.1, 0.15) is 16.7 Å². The molecule has 180 valence electrons. The lowest BCUT2D eigenvalue weighted by molar-refractivity contribution is -0.143. The summed E-state index contributed by atoms with van der Waals surface area (Å²) in [6.07, 6.45) is -10.0. The first-order valence-electron chi connectivity index (χ1n) is 9.80. The summed E-state index contributed by atoms with van der Waals surface area (Å²) in [6.45, 7) is 1.79. The third-order valence-corrected chi connectivity index (χ3v) is 4.47. The zero-order valence-corrected chi connectivity index (χ0v) is 17.6. The van der Waals surface area contributed by atoms with E-state index in [9.17, 15) is 31.1 Å². The van der Waals surface area contributed by atoms with Gasteiger partial charge >= 0.3 is 18.4 Å². The first-order chi connectivity index (χ1) is 15.9. The number of rotatable bonds is 6. The molecule has 12 heteroatoms. The van der Waals surface area contributed by atoms with Gasteiger partial charge in [0.15, 0.2) is 0 Å². The number of nitrogens with one attached hydrogen (secondary N) is 2. The average Bonchev–Trinajstić information content (AvgIpc) is 2.76. The zero-order chi connectivity index (χ0) is 24.9. The third kappa shape index (κ3) is 6.83. The Kier molecular flexibility index (Phi) is 7.28. The SMILES string of the molecule is Cc1ccc(-c2ccc(OCCNC(=O)Nc3cc(C(F)(F)F)cc(C(F)(F)F)c3)nn2)cc1. The van der Waals surface area contributed by atoms with Gasteiger partial charge in [0.2, 0.25) is 5.88 Å². The van der Waals surface area contributed by atoms with Gasteiger partial charge in [0, 0.05) is 17.3 Å². The molecule has 0 radical (unpaired) electrons. The summed E-state index contributed by atoms with van der Waals surface area (Å²) in [7, 11) is 0. The van der Waals surface area contributed by atoms with Gasteiger partial charge < -0.3 is 15.4 Å². The highest BCUT2D eigenvalue weighted by Gasteiger charge is 2.37. The molecule has 6 nitrogen and oxygen atoms in total. The maximum absolute atomic E-state index is 12.9. The highest BCUT2D eigenvalue weighted by atomic mass is 19.4. The van der Waals surface area contributed by atoms with Crippen LogP contribution in [0.25, 0.3) is 11.3 Å². The molecule has 3 aromatic rings. The summed E-state index contributed by atoms with van der Waals surface area (Å²) in [6, 6.07) is 10.7. The molecule has 3 rings (SSSR count). The van der Waals surface area contributed by atoms with Gasteiger partial charge in [-0.25, -0.2) is 4.79 Å². The second kappa shape index (κ2) is 9.98. The quantitative estimate of drug-likeness (QED) is 0.348. The summed E-state index contributed by atoms with van der Waals surface area (Å²) < 4.78 is 82.7. The minimum absolute atomic E-state index is 0.0257. The maximum Gasteiger partial charge on any atom is 0.416 e. The van der Waals surface area contributed by atoms with Crippen LogP contribution in [0.15, 0.2) is 54.6 Å². The molecule has 1 heterocycles. The van der Waals surface area contributed by atoms with E-state index in [2.05, 4.69) is 15.5 Å². The molecule has 0 aliphatic carbocycles. The molecule has 0 spiro atoms. The summed E-state index contributed by atoms with van der Waals surface area (Å²) in [5, 5.41) is 12.2. The van der Waals surface area contributed by atoms with Crippen LogP contribution in [0.4, 0.5) is 36.8 Å². The molecule has 2 N–H and O–H groups in total. The van der Waals surface area contributed by atoms with E-state index in [-0.39, 0.29) is 25.1 Å². The van der Waals surface area contributed by atoms with Crippen molar-refractivity contribution < 1.29 is 35.9 Å². The van der Waals surface area contributed by atoms with Crippen LogP contribution in [0.5, 0.6) is 5.88 Å². The van der Waals surface area contributed by atoms with E-state index in [1.807, 2.05) is 36.5 Å². The number of amides is 2. The van der Waals surface area contributed by atoms with Crippen molar-refractivity contribution in [2.75, 3.05) is 18.5 Å². The third-order valence-electron chi connectivity index (χ3n) is 4.47. The van der Waals surface area contributed by atoms with Crippen molar-refractivity contribution in [3.8, 4) is 17.1 Å². The van der Waals surface area contributed by atoms with E-state index < -0.39 is 35.2 Å². The van der Waals surface area contributed by atoms with E-state index in [4.69, 9.17) is 4.74 Å². The van der Waals surface area contributed by atoms with Crippen molar-refractivity contribution in [3.05, 3.63) is 71.3 Å². The molecule has 0 aliphatic rings. The number of ether oxygens (including phenoxy) is 1. The maximum atomic E-state index is 12.9. The number of anilines is 1. The molecule has 34 heavy (non-hydrogen) atoms. The lowest BCUT2D eigenvalue weighted by atomic mass is 10.1. The Bertz CT molecular complexity index is 1100. The fourth-order valence-electron chi connectivity index (χ4n) is 2.80. The number of aromatic nitrogens is 2. The lowest BCUT2D eigenvalue weighted by Gasteiger charge is -2.15. The highest BCUT2D eigenvalue weighted by molar-refractivity contribution is 5.89. The lowest BCUT2D eigenvalue weighted by Crippen LogP contribution is -2.32. The Morgan fingerprint density at radius 3 is 2.03 bits per heavy atom. The van der Waals surface area contributed by atoms with Crippen LogP contribution in [0.2, 0.25) is 0 Å². The highest BCUT2D eigenvalue weighted by Crippen LogP contribution is 2.37. The number of carbonyl (C=O) groups is 1. The Morgan fingerprint density at radius 1 is 0.882 bits per heavy atom. The first-order valence-corrected chi connectivity index (χ1v) is 9.80. The number of carbonyl (C=O) groups excluding carboxylic acids is 1. The topological polar surface area (TPSA) is 76.1 Å². The number of halogens is 6. The van der Waals surface area contributed by atoms with Gasteiger partial charge in [0.25, 0.3) is 0 Å². The minimum Gasteiger partial charge on any atom is -0.475 e. The second-order valence-electron chi connectivity index (χ2n) is 7.15. The van der Waals surface area contributed by atoms with Crippen LogP contribution >= 0.6 is 0 Å². The molecule has 2 amide bonds. The second-order valence-corrected chi connectivity index (χ2v) is 7.15. The van der Waals surface area contributed by atoms with Crippen molar-refractivity contribution in [3.63, 3.8) is 0 Å². The number of aryl methyl sites for hydroxylation is 1. The predicted octanol–water partition coefficient (Wildman–Crippen LogP) is 5.69. The van der Waals surface area contributed by atoms with Gasteiger partial charge in [-0.1, -0.05) is 29.8 Å². The molecule has 1 aromatic heterocycles. The number of hydrogen-bond acceptors (Lipinski definition) is 4. The standard InChI is InChI=1S/C22H18F6N4O2/c1-13-2-4-14(5-3-13)18-6-7-19(32-31-18)34-9-8-29-20(33)30-17-11-15(21(23,24)25)10-16(12-17)22(26,27)28/h2-7,10-12H,8-9H2,1H3,(H2,29,30,33). The normalized spacial score (nSPS) is 11.7. The van der Waals surface area contributed by atoms with Gasteiger partial charge in [0.1, 0.15) is 6.61 Å². The van der Waals surface area contributed by atoms with Crippen LogP contribution in [-0.2, 0) is 12.4 Å². The van der Waals surface area contributed by atoms with Crippen molar-refractivity contribution in [1.82, 2.24) is 15.5 Å². The van der Waals surface area contributed by atoms with Gasteiger partial charge in [-0.2, -0.15) is 26.3 Å². The molecule has 0 saturated heterocycles. The molecule has 0 atom stereocenters. The molecule has 0 aliphatic heterocycles. The zero-order valence-electron chi connectivity index (χ0n) is 17.6. The minimum atomic E-state index is -5.02. The van der Waals surface area contributed by atoms with Gasteiger partial charge in [0.05, 0.1) is 23.4 Å². The van der Waals surface area contributed by atoms with Crippen LogP contribution in [-0.4, -0.2) is 29.4 Å². The van der Waals surface area contributed by atoms with E-state index in [0.717, 1.165) is 11.1 Å². The van der Waals surface area contributed by atoms with Crippen LogP contribution in [0, 0.1) is 6.92 Å². The number of alkyl halides is 6. The Hall–Kier alpha value is -3.83. The number of hydrogen-bond donors (Lipinski definition) is 2. The molecule has 2 aromatic carbocycles. The molecule has 0 fully saturated rings. The largest absolute Gasteiger partial charge is 0.475 e. The van der Waals surface area contributed by atoms with Gasteiger partial charge in [-0.3, -0.25) is 0 Å². The van der Waals surface area contributed by atoms with Crippen molar-refractivity contribution in [2.45, 2.75) is 19.3 Å². The van der Waals surface area contributed by atoms with Gasteiger partial charge in [-0.05, 0) is 31.2 Å². The summed E-state index contributed by atoms with van der Waals surface area (Å²) >= 11 is 0. The summed E-state index contributed by atoms with van der Waals surface area (Å²) in [4.78, 5) is 11.9. The van der Waals surface area contributed by atoms with Gasteiger partial charge in [-0.15, -0.1) is 10.2 Å². The van der Waals surface area contributed by atoms with E-state index in [0.29, 0.717) is 17.8 Å². The summed E-state index contributed by atoms with van der Waals surface area (Å²) in [5.74, 6) is 0.172. The molecular formula is C22H18F6N4O2. The fourth-order valence-corrected chi connectivity index (χ4v) is 2.80.